The van der Waals surface area contributed by atoms with Crippen LogP contribution in [0.1, 0.15) is 10.4 Å². The molecule has 1 aromatic carbocycles. The van der Waals surface area contributed by atoms with E-state index in [9.17, 15) is 19.7 Å². The van der Waals surface area contributed by atoms with Crippen molar-refractivity contribution in [3.63, 3.8) is 0 Å². The molecule has 0 aliphatic rings. The monoisotopic (exact) mass is 380 g/mol. The number of nitrogens with zero attached hydrogens (tertiary/aromatic N) is 1. The molecule has 9 heteroatoms. The summed E-state index contributed by atoms with van der Waals surface area (Å²) in [5.74, 6) is -2.19. The molecule has 0 aliphatic carbocycles. The highest BCUT2D eigenvalue weighted by atomic mass is 127. The third-order valence-electron chi connectivity index (χ3n) is 2.19. The number of aliphatic hydroxyl groups is 1. The van der Waals surface area contributed by atoms with E-state index < -0.39 is 29.4 Å². The molecule has 0 saturated carbocycles. The van der Waals surface area contributed by atoms with Crippen molar-refractivity contribution in [3.8, 4) is 0 Å². The number of hydrogen-bond donors (Lipinski definition) is 3. The van der Waals surface area contributed by atoms with Gasteiger partial charge >= 0.3 is 5.97 Å². The van der Waals surface area contributed by atoms with Gasteiger partial charge in [-0.1, -0.05) is 0 Å². The van der Waals surface area contributed by atoms with Gasteiger partial charge < -0.3 is 15.5 Å². The van der Waals surface area contributed by atoms with Crippen LogP contribution in [-0.4, -0.2) is 39.7 Å². The Bertz CT molecular complexity index is 533. The van der Waals surface area contributed by atoms with Crippen molar-refractivity contribution in [3.05, 3.63) is 37.4 Å². The number of aliphatic carboxylic acids is 1. The number of aliphatic hydroxyl groups excluding tert-OH is 1. The molecule has 1 rings (SSSR count). The molecule has 1 aromatic rings. The van der Waals surface area contributed by atoms with Gasteiger partial charge in [0, 0.05) is 15.7 Å². The first-order valence-electron chi connectivity index (χ1n) is 4.95. The number of benzene rings is 1. The molecule has 3 N–H and O–H groups in total. The zero-order valence-corrected chi connectivity index (χ0v) is 11.5. The average Bonchev–Trinajstić information content (AvgIpc) is 2.35. The van der Waals surface area contributed by atoms with Gasteiger partial charge in [-0.15, -0.1) is 0 Å². The number of non-ortho nitro benzene ring substituents is 1. The van der Waals surface area contributed by atoms with Gasteiger partial charge in [-0.25, -0.2) is 4.79 Å². The Morgan fingerprint density at radius 3 is 2.58 bits per heavy atom. The van der Waals surface area contributed by atoms with Gasteiger partial charge in [-0.05, 0) is 28.7 Å². The number of nitro groups is 1. The molecular formula is C10H9IN2O6. The first-order valence-corrected chi connectivity index (χ1v) is 6.03. The number of rotatable bonds is 5. The summed E-state index contributed by atoms with van der Waals surface area (Å²) in [6.45, 7) is -0.771. The SMILES string of the molecule is O=C(N[C@H](CO)C(=O)O)c1cc([N+](=O)[O-])ccc1I. The molecule has 0 radical (unpaired) electrons. The minimum absolute atomic E-state index is 0.0190. The van der Waals surface area contributed by atoms with Crippen LogP contribution >= 0.6 is 22.6 Å². The maximum absolute atomic E-state index is 11.8. The molecule has 0 saturated heterocycles. The molecule has 19 heavy (non-hydrogen) atoms. The minimum Gasteiger partial charge on any atom is -0.480 e. The Labute approximate surface area is 120 Å². The Morgan fingerprint density at radius 2 is 2.11 bits per heavy atom. The van der Waals surface area contributed by atoms with E-state index >= 15 is 0 Å². The largest absolute Gasteiger partial charge is 0.480 e. The van der Waals surface area contributed by atoms with E-state index in [1.165, 1.54) is 12.1 Å². The first-order chi connectivity index (χ1) is 8.86. The van der Waals surface area contributed by atoms with Gasteiger partial charge in [0.25, 0.3) is 11.6 Å². The number of nitro benzene ring substituents is 1. The highest BCUT2D eigenvalue weighted by Gasteiger charge is 2.22. The van der Waals surface area contributed by atoms with Crippen molar-refractivity contribution >= 4 is 40.2 Å². The molecule has 0 aliphatic heterocycles. The summed E-state index contributed by atoms with van der Waals surface area (Å²) in [7, 11) is 0. The van der Waals surface area contributed by atoms with Crippen LogP contribution in [0.2, 0.25) is 0 Å². The average molecular weight is 380 g/mol. The van der Waals surface area contributed by atoms with Gasteiger partial charge in [0.15, 0.2) is 6.04 Å². The lowest BCUT2D eigenvalue weighted by atomic mass is 10.1. The van der Waals surface area contributed by atoms with Crippen LogP contribution in [0.4, 0.5) is 5.69 Å². The van der Waals surface area contributed by atoms with Crippen molar-refractivity contribution in [1.29, 1.82) is 0 Å². The number of nitrogens with one attached hydrogen (secondary N) is 1. The Balaban J connectivity index is 3.02. The number of carboxylic acids is 1. The Morgan fingerprint density at radius 1 is 1.47 bits per heavy atom. The van der Waals surface area contributed by atoms with Gasteiger partial charge in [0.05, 0.1) is 17.1 Å². The van der Waals surface area contributed by atoms with Crippen molar-refractivity contribution in [2.75, 3.05) is 6.61 Å². The number of carbonyl (C=O) groups excluding carboxylic acids is 1. The molecule has 0 heterocycles. The van der Waals surface area contributed by atoms with E-state index in [0.29, 0.717) is 3.57 Å². The van der Waals surface area contributed by atoms with Crippen molar-refractivity contribution in [2.45, 2.75) is 6.04 Å². The summed E-state index contributed by atoms with van der Waals surface area (Å²) in [6.07, 6.45) is 0. The third-order valence-corrected chi connectivity index (χ3v) is 3.13. The minimum atomic E-state index is -1.46. The zero-order valence-electron chi connectivity index (χ0n) is 9.37. The summed E-state index contributed by atoms with van der Waals surface area (Å²) in [4.78, 5) is 32.4. The normalized spacial score (nSPS) is 11.7. The number of carboxylic acid groups (broad SMARTS) is 1. The molecule has 1 atom stereocenters. The predicted molar refractivity (Wildman–Crippen MR) is 71.8 cm³/mol. The number of amides is 1. The quantitative estimate of drug-likeness (QED) is 0.385. The number of halogens is 1. The maximum Gasteiger partial charge on any atom is 0.328 e. The van der Waals surface area contributed by atoms with E-state index in [1.54, 1.807) is 22.6 Å². The molecule has 102 valence electrons. The lowest BCUT2D eigenvalue weighted by Gasteiger charge is -2.12. The summed E-state index contributed by atoms with van der Waals surface area (Å²) in [5, 5.41) is 30.2. The number of carbonyl (C=O) groups is 2. The van der Waals surface area contributed by atoms with Crippen LogP contribution in [0.25, 0.3) is 0 Å². The highest BCUT2D eigenvalue weighted by molar-refractivity contribution is 14.1. The van der Waals surface area contributed by atoms with Crippen LogP contribution in [0.3, 0.4) is 0 Å². The van der Waals surface area contributed by atoms with E-state index in [1.807, 2.05) is 0 Å². The second kappa shape index (κ2) is 6.43. The number of hydrogen-bond acceptors (Lipinski definition) is 5. The molecule has 0 unspecified atom stereocenters. The summed E-state index contributed by atoms with van der Waals surface area (Å²) < 4.78 is 0.433. The third kappa shape index (κ3) is 3.86. The topological polar surface area (TPSA) is 130 Å². The standard InChI is InChI=1S/C10H9IN2O6/c11-7-2-1-5(13(18)19)3-6(7)9(15)12-8(4-14)10(16)17/h1-3,8,14H,4H2,(H,12,15)(H,16,17)/t8-/m1/s1. The Kier molecular flexibility index (Phi) is 5.18. The smallest absolute Gasteiger partial charge is 0.328 e. The fraction of sp³-hybridized carbons (Fsp3) is 0.200. The van der Waals surface area contributed by atoms with E-state index in [4.69, 9.17) is 10.2 Å². The lowest BCUT2D eigenvalue weighted by molar-refractivity contribution is -0.384. The van der Waals surface area contributed by atoms with Crippen LogP contribution in [-0.2, 0) is 4.79 Å². The lowest BCUT2D eigenvalue weighted by Crippen LogP contribution is -2.43. The van der Waals surface area contributed by atoms with Crippen LogP contribution < -0.4 is 5.32 Å². The van der Waals surface area contributed by atoms with Gasteiger partial charge in [0.1, 0.15) is 0 Å². The summed E-state index contributed by atoms with van der Waals surface area (Å²) in [6, 6.07) is 2.21. The second-order valence-corrected chi connectivity index (χ2v) is 4.63. The summed E-state index contributed by atoms with van der Waals surface area (Å²) in [5.41, 5.74) is -0.295. The van der Waals surface area contributed by atoms with Gasteiger partial charge in [0.2, 0.25) is 0 Å². The predicted octanol–water partition coefficient (Wildman–Crippen LogP) is 0.375. The van der Waals surface area contributed by atoms with Crippen molar-refractivity contribution < 1.29 is 24.7 Å². The van der Waals surface area contributed by atoms with Crippen molar-refractivity contribution in [1.82, 2.24) is 5.32 Å². The molecule has 1 amide bonds. The molecule has 0 bridgehead atoms. The summed E-state index contributed by atoms with van der Waals surface area (Å²) >= 11 is 1.80. The van der Waals surface area contributed by atoms with E-state index in [-0.39, 0.29) is 11.3 Å². The Hall–Kier alpha value is -1.75. The van der Waals surface area contributed by atoms with Crippen LogP contribution in [0, 0.1) is 13.7 Å². The van der Waals surface area contributed by atoms with Gasteiger partial charge in [-0.2, -0.15) is 0 Å². The van der Waals surface area contributed by atoms with Crippen LogP contribution in [0.15, 0.2) is 18.2 Å². The van der Waals surface area contributed by atoms with E-state index in [2.05, 4.69) is 5.32 Å². The van der Waals surface area contributed by atoms with Crippen molar-refractivity contribution in [2.24, 2.45) is 0 Å². The molecule has 0 fully saturated rings. The fourth-order valence-corrected chi connectivity index (χ4v) is 1.80. The van der Waals surface area contributed by atoms with Gasteiger partial charge in [-0.3, -0.25) is 14.9 Å². The van der Waals surface area contributed by atoms with Crippen LogP contribution in [0.5, 0.6) is 0 Å². The first kappa shape index (κ1) is 15.3. The molecule has 8 nitrogen and oxygen atoms in total. The molecular weight excluding hydrogens is 371 g/mol. The highest BCUT2D eigenvalue weighted by Crippen LogP contribution is 2.19. The second-order valence-electron chi connectivity index (χ2n) is 3.47. The zero-order chi connectivity index (χ0) is 14.6. The fourth-order valence-electron chi connectivity index (χ4n) is 1.22. The molecule has 0 aromatic heterocycles. The molecule has 0 spiro atoms. The van der Waals surface area contributed by atoms with E-state index in [0.717, 1.165) is 6.07 Å². The maximum atomic E-state index is 11.8.